The zero-order valence-electron chi connectivity index (χ0n) is 11.6. The number of hydrogen-bond donors (Lipinski definition) is 1. The lowest BCUT2D eigenvalue weighted by Crippen LogP contribution is -2.46. The SMILES string of the molecule is CN(C)C(=O)CN1CCCC1C1CCCCC1O. The second-order valence-electron chi connectivity index (χ2n) is 5.98. The molecule has 1 amide bonds. The van der Waals surface area contributed by atoms with Crippen LogP contribution in [-0.4, -0.2) is 60.1 Å². The predicted octanol–water partition coefficient (Wildman–Crippen LogP) is 1.09. The molecule has 2 fully saturated rings. The second-order valence-corrected chi connectivity index (χ2v) is 5.98. The van der Waals surface area contributed by atoms with Crippen LogP contribution in [0.4, 0.5) is 0 Å². The third kappa shape index (κ3) is 3.04. The van der Waals surface area contributed by atoms with Gasteiger partial charge in [-0.15, -0.1) is 0 Å². The van der Waals surface area contributed by atoms with Gasteiger partial charge in [0.2, 0.25) is 5.91 Å². The van der Waals surface area contributed by atoms with Crippen molar-refractivity contribution in [2.45, 2.75) is 50.7 Å². The van der Waals surface area contributed by atoms with Crippen LogP contribution in [0.15, 0.2) is 0 Å². The van der Waals surface area contributed by atoms with E-state index in [4.69, 9.17) is 0 Å². The maximum atomic E-state index is 11.8. The van der Waals surface area contributed by atoms with Crippen LogP contribution in [0.2, 0.25) is 0 Å². The van der Waals surface area contributed by atoms with E-state index >= 15 is 0 Å². The molecule has 0 spiro atoms. The molecule has 1 N–H and O–H groups in total. The number of hydrogen-bond acceptors (Lipinski definition) is 3. The molecule has 18 heavy (non-hydrogen) atoms. The number of aliphatic hydroxyl groups excluding tert-OH is 1. The number of rotatable bonds is 3. The minimum absolute atomic E-state index is 0.154. The number of likely N-dealkylation sites (tertiary alicyclic amines) is 1. The topological polar surface area (TPSA) is 43.8 Å². The number of likely N-dealkylation sites (N-methyl/N-ethyl adjacent to an activating group) is 1. The summed E-state index contributed by atoms with van der Waals surface area (Å²) >= 11 is 0. The highest BCUT2D eigenvalue weighted by atomic mass is 16.3. The van der Waals surface area contributed by atoms with E-state index in [0.29, 0.717) is 18.5 Å². The smallest absolute Gasteiger partial charge is 0.236 e. The quantitative estimate of drug-likeness (QED) is 0.820. The van der Waals surface area contributed by atoms with Crippen LogP contribution in [0.5, 0.6) is 0 Å². The predicted molar refractivity (Wildman–Crippen MR) is 71.3 cm³/mol. The summed E-state index contributed by atoms with van der Waals surface area (Å²) in [5, 5.41) is 10.2. The van der Waals surface area contributed by atoms with Crippen molar-refractivity contribution >= 4 is 5.91 Å². The van der Waals surface area contributed by atoms with Gasteiger partial charge in [-0.05, 0) is 32.2 Å². The molecule has 4 heteroatoms. The highest BCUT2D eigenvalue weighted by molar-refractivity contribution is 5.77. The number of nitrogens with zero attached hydrogens (tertiary/aromatic N) is 2. The zero-order chi connectivity index (χ0) is 13.1. The van der Waals surface area contributed by atoms with Crippen LogP contribution in [0.3, 0.4) is 0 Å². The van der Waals surface area contributed by atoms with Gasteiger partial charge in [0.1, 0.15) is 0 Å². The van der Waals surface area contributed by atoms with Crippen molar-refractivity contribution in [3.63, 3.8) is 0 Å². The third-order valence-electron chi connectivity index (χ3n) is 4.53. The first-order valence-electron chi connectivity index (χ1n) is 7.22. The first kappa shape index (κ1) is 13.8. The second kappa shape index (κ2) is 6.02. The van der Waals surface area contributed by atoms with Crippen LogP contribution in [0.25, 0.3) is 0 Å². The average Bonchev–Trinajstić information content (AvgIpc) is 2.77. The molecule has 1 heterocycles. The standard InChI is InChI=1S/C14H26N2O2/c1-15(2)14(18)10-16-9-5-7-12(16)11-6-3-4-8-13(11)17/h11-13,17H,3-10H2,1-2H3. The van der Waals surface area contributed by atoms with E-state index in [9.17, 15) is 9.90 Å². The Labute approximate surface area is 110 Å². The van der Waals surface area contributed by atoms with Crippen LogP contribution >= 0.6 is 0 Å². The van der Waals surface area contributed by atoms with Crippen molar-refractivity contribution in [1.29, 1.82) is 0 Å². The molecule has 0 aromatic carbocycles. The lowest BCUT2D eigenvalue weighted by Gasteiger charge is -2.37. The Morgan fingerprint density at radius 3 is 2.61 bits per heavy atom. The third-order valence-corrected chi connectivity index (χ3v) is 4.53. The molecule has 3 atom stereocenters. The Balaban J connectivity index is 1.96. The van der Waals surface area contributed by atoms with E-state index in [-0.39, 0.29) is 12.0 Å². The number of carbonyl (C=O) groups is 1. The van der Waals surface area contributed by atoms with Crippen LogP contribution in [-0.2, 0) is 4.79 Å². The fourth-order valence-electron chi connectivity index (χ4n) is 3.44. The molecular weight excluding hydrogens is 228 g/mol. The fourth-order valence-corrected chi connectivity index (χ4v) is 3.44. The molecule has 1 aliphatic carbocycles. The van der Waals surface area contributed by atoms with Gasteiger partial charge in [-0.2, -0.15) is 0 Å². The molecule has 0 radical (unpaired) electrons. The largest absolute Gasteiger partial charge is 0.393 e. The van der Waals surface area contributed by atoms with Gasteiger partial charge in [-0.3, -0.25) is 9.69 Å². The van der Waals surface area contributed by atoms with E-state index in [0.717, 1.165) is 38.6 Å². The molecule has 4 nitrogen and oxygen atoms in total. The van der Waals surface area contributed by atoms with Crippen molar-refractivity contribution in [2.24, 2.45) is 5.92 Å². The van der Waals surface area contributed by atoms with Crippen molar-refractivity contribution in [3.8, 4) is 0 Å². The Morgan fingerprint density at radius 2 is 1.94 bits per heavy atom. The molecule has 104 valence electrons. The Morgan fingerprint density at radius 1 is 1.22 bits per heavy atom. The normalized spacial score (nSPS) is 33.6. The van der Waals surface area contributed by atoms with Gasteiger partial charge in [-0.25, -0.2) is 0 Å². The Kier molecular flexibility index (Phi) is 4.62. The molecule has 2 rings (SSSR count). The molecule has 0 aromatic heterocycles. The minimum atomic E-state index is -0.154. The van der Waals surface area contributed by atoms with Crippen molar-refractivity contribution in [3.05, 3.63) is 0 Å². The van der Waals surface area contributed by atoms with Gasteiger partial charge < -0.3 is 10.0 Å². The van der Waals surface area contributed by atoms with E-state index < -0.39 is 0 Å². The number of aliphatic hydroxyl groups is 1. The molecule has 0 aromatic rings. The summed E-state index contributed by atoms with van der Waals surface area (Å²) in [6.45, 7) is 1.52. The van der Waals surface area contributed by atoms with Gasteiger partial charge in [0.25, 0.3) is 0 Å². The Bertz CT molecular complexity index is 294. The molecule has 3 unspecified atom stereocenters. The summed E-state index contributed by atoms with van der Waals surface area (Å²) in [7, 11) is 3.62. The molecule has 2 aliphatic rings. The summed E-state index contributed by atoms with van der Waals surface area (Å²) in [6, 6.07) is 0.421. The van der Waals surface area contributed by atoms with E-state index in [2.05, 4.69) is 4.90 Å². The molecule has 1 saturated carbocycles. The summed E-state index contributed by atoms with van der Waals surface area (Å²) in [5.41, 5.74) is 0. The van der Waals surface area contributed by atoms with Gasteiger partial charge in [0.15, 0.2) is 0 Å². The van der Waals surface area contributed by atoms with E-state index in [1.807, 2.05) is 14.1 Å². The van der Waals surface area contributed by atoms with E-state index in [1.165, 1.54) is 6.42 Å². The number of amides is 1. The van der Waals surface area contributed by atoms with Crippen molar-refractivity contribution in [1.82, 2.24) is 9.80 Å². The van der Waals surface area contributed by atoms with Gasteiger partial charge in [0, 0.05) is 26.1 Å². The maximum Gasteiger partial charge on any atom is 0.236 e. The monoisotopic (exact) mass is 254 g/mol. The van der Waals surface area contributed by atoms with Crippen molar-refractivity contribution in [2.75, 3.05) is 27.2 Å². The fraction of sp³-hybridized carbons (Fsp3) is 0.929. The van der Waals surface area contributed by atoms with Crippen LogP contribution in [0.1, 0.15) is 38.5 Å². The van der Waals surface area contributed by atoms with Gasteiger partial charge >= 0.3 is 0 Å². The minimum Gasteiger partial charge on any atom is -0.393 e. The van der Waals surface area contributed by atoms with Crippen molar-refractivity contribution < 1.29 is 9.90 Å². The Hall–Kier alpha value is -0.610. The highest BCUT2D eigenvalue weighted by Crippen LogP contribution is 2.34. The molecule has 1 saturated heterocycles. The number of carbonyl (C=O) groups excluding carboxylic acids is 1. The lowest BCUT2D eigenvalue weighted by molar-refractivity contribution is -0.130. The summed E-state index contributed by atoms with van der Waals surface area (Å²) in [4.78, 5) is 15.8. The van der Waals surface area contributed by atoms with Gasteiger partial charge in [-0.1, -0.05) is 12.8 Å². The molecule has 1 aliphatic heterocycles. The molecular formula is C14H26N2O2. The van der Waals surface area contributed by atoms with Crippen LogP contribution < -0.4 is 0 Å². The first-order valence-corrected chi connectivity index (χ1v) is 7.22. The van der Waals surface area contributed by atoms with Gasteiger partial charge in [0.05, 0.1) is 12.6 Å². The van der Waals surface area contributed by atoms with Crippen LogP contribution in [0, 0.1) is 5.92 Å². The average molecular weight is 254 g/mol. The summed E-state index contributed by atoms with van der Waals surface area (Å²) in [5.74, 6) is 0.559. The molecule has 0 bridgehead atoms. The first-order chi connectivity index (χ1) is 8.59. The zero-order valence-corrected chi connectivity index (χ0v) is 11.6. The maximum absolute atomic E-state index is 11.8. The lowest BCUT2D eigenvalue weighted by atomic mass is 9.80. The van der Waals surface area contributed by atoms with E-state index in [1.54, 1.807) is 4.90 Å². The summed E-state index contributed by atoms with van der Waals surface area (Å²) in [6.07, 6.45) is 6.60. The summed E-state index contributed by atoms with van der Waals surface area (Å²) < 4.78 is 0. The highest BCUT2D eigenvalue weighted by Gasteiger charge is 2.37.